The quantitative estimate of drug-likeness (QED) is 0.610. The predicted octanol–water partition coefficient (Wildman–Crippen LogP) is 2.02. The van der Waals surface area contributed by atoms with Crippen molar-refractivity contribution in [1.29, 1.82) is 0 Å². The van der Waals surface area contributed by atoms with Crippen LogP contribution in [0.4, 0.5) is 0 Å². The topological polar surface area (TPSA) is 98.5 Å². The van der Waals surface area contributed by atoms with E-state index < -0.39 is 15.0 Å². The lowest BCUT2D eigenvalue weighted by molar-refractivity contribution is -0.427. The van der Waals surface area contributed by atoms with E-state index in [1.54, 1.807) is 26.0 Å². The van der Waals surface area contributed by atoms with Crippen molar-refractivity contribution in [1.82, 2.24) is 5.48 Å². The fourth-order valence-corrected chi connectivity index (χ4v) is 2.28. The minimum Gasteiger partial charge on any atom is -0.259 e. The highest BCUT2D eigenvalue weighted by molar-refractivity contribution is 7.86. The van der Waals surface area contributed by atoms with Gasteiger partial charge in [0.25, 0.3) is 5.70 Å². The van der Waals surface area contributed by atoms with Crippen LogP contribution in [0.15, 0.2) is 40.9 Å². The van der Waals surface area contributed by atoms with Gasteiger partial charge in [-0.05, 0) is 31.1 Å². The van der Waals surface area contributed by atoms with Crippen molar-refractivity contribution in [3.63, 3.8) is 0 Å². The molecule has 0 spiro atoms. The molecule has 0 unspecified atom stereocenters. The predicted molar refractivity (Wildman–Crippen MR) is 77.4 cm³/mol. The number of rotatable bonds is 7. The third-order valence-electron chi connectivity index (χ3n) is 2.49. The van der Waals surface area contributed by atoms with Crippen LogP contribution in [-0.4, -0.2) is 19.9 Å². The molecule has 1 N–H and O–H groups in total. The van der Waals surface area contributed by atoms with Gasteiger partial charge in [0.05, 0.1) is 9.82 Å². The van der Waals surface area contributed by atoms with Gasteiger partial charge in [-0.1, -0.05) is 31.5 Å². The molecule has 0 aliphatic rings. The summed E-state index contributed by atoms with van der Waals surface area (Å²) in [5, 5.41) is 10.8. The van der Waals surface area contributed by atoms with Gasteiger partial charge < -0.3 is 0 Å². The highest BCUT2D eigenvalue weighted by atomic mass is 32.2. The van der Waals surface area contributed by atoms with Crippen LogP contribution in [0.5, 0.6) is 0 Å². The van der Waals surface area contributed by atoms with Crippen LogP contribution in [0.3, 0.4) is 0 Å². The SMILES string of the molecule is Cc1ccc(S(=O)(=O)ONC/C(=C\C(C)C)[N+](=O)[O-])cc1. The van der Waals surface area contributed by atoms with Gasteiger partial charge in [-0.3, -0.25) is 10.1 Å². The van der Waals surface area contributed by atoms with Gasteiger partial charge in [-0.2, -0.15) is 18.2 Å². The molecule has 0 saturated carbocycles. The summed E-state index contributed by atoms with van der Waals surface area (Å²) in [7, 11) is -3.99. The number of nitro groups is 1. The molecule has 116 valence electrons. The zero-order valence-corrected chi connectivity index (χ0v) is 12.9. The monoisotopic (exact) mass is 314 g/mol. The van der Waals surface area contributed by atoms with E-state index in [-0.39, 0.29) is 23.1 Å². The minimum atomic E-state index is -3.99. The van der Waals surface area contributed by atoms with Crippen LogP contribution >= 0.6 is 0 Å². The van der Waals surface area contributed by atoms with Crippen molar-refractivity contribution < 1.29 is 17.6 Å². The normalized spacial score (nSPS) is 12.7. The highest BCUT2D eigenvalue weighted by Crippen LogP contribution is 2.12. The zero-order chi connectivity index (χ0) is 16.0. The summed E-state index contributed by atoms with van der Waals surface area (Å²) < 4.78 is 28.3. The Morgan fingerprint density at radius 3 is 2.43 bits per heavy atom. The van der Waals surface area contributed by atoms with Crippen LogP contribution in [0.2, 0.25) is 0 Å². The molecule has 0 saturated heterocycles. The Kier molecular flexibility index (Phi) is 6.01. The fourth-order valence-electron chi connectivity index (χ4n) is 1.50. The molecule has 0 atom stereocenters. The van der Waals surface area contributed by atoms with Crippen LogP contribution in [0.1, 0.15) is 19.4 Å². The summed E-state index contributed by atoms with van der Waals surface area (Å²) >= 11 is 0. The van der Waals surface area contributed by atoms with E-state index >= 15 is 0 Å². The summed E-state index contributed by atoms with van der Waals surface area (Å²) in [6, 6.07) is 6.09. The van der Waals surface area contributed by atoms with Crippen molar-refractivity contribution in [2.24, 2.45) is 5.92 Å². The molecule has 0 heterocycles. The Balaban J connectivity index is 2.70. The minimum absolute atomic E-state index is 0.0175. The van der Waals surface area contributed by atoms with Crippen LogP contribution in [-0.2, 0) is 14.4 Å². The van der Waals surface area contributed by atoms with Gasteiger partial charge in [0.1, 0.15) is 6.54 Å². The summed E-state index contributed by atoms with van der Waals surface area (Å²) in [5.74, 6) is -0.0269. The second-order valence-electron chi connectivity index (χ2n) is 4.83. The molecule has 8 heteroatoms. The third-order valence-corrected chi connectivity index (χ3v) is 3.68. The van der Waals surface area contributed by atoms with Crippen molar-refractivity contribution >= 4 is 10.1 Å². The highest BCUT2D eigenvalue weighted by Gasteiger charge is 2.17. The van der Waals surface area contributed by atoms with E-state index in [0.717, 1.165) is 5.56 Å². The first-order valence-corrected chi connectivity index (χ1v) is 7.71. The van der Waals surface area contributed by atoms with Gasteiger partial charge >= 0.3 is 10.1 Å². The Morgan fingerprint density at radius 2 is 1.95 bits per heavy atom. The maximum atomic E-state index is 11.8. The van der Waals surface area contributed by atoms with E-state index in [2.05, 4.69) is 9.76 Å². The third kappa shape index (κ3) is 5.62. The average molecular weight is 314 g/mol. The lowest BCUT2D eigenvalue weighted by atomic mass is 10.2. The molecule has 0 bridgehead atoms. The first-order chi connectivity index (χ1) is 9.72. The standard InChI is InChI=1S/C13H18N2O5S/c1-10(2)8-12(15(16)17)9-14-20-21(18,19)13-6-4-11(3)5-7-13/h4-8,10,14H,9H2,1-3H3/b12-8+. The maximum absolute atomic E-state index is 11.8. The van der Waals surface area contributed by atoms with Crippen molar-refractivity contribution in [2.75, 3.05) is 6.54 Å². The molecule has 0 amide bonds. The van der Waals surface area contributed by atoms with Crippen molar-refractivity contribution in [2.45, 2.75) is 25.7 Å². The second-order valence-corrected chi connectivity index (χ2v) is 6.38. The fraction of sp³-hybridized carbons (Fsp3) is 0.385. The number of allylic oxidation sites excluding steroid dienone is 1. The summed E-state index contributed by atoms with van der Waals surface area (Å²) in [5.41, 5.74) is 2.89. The first kappa shape index (κ1) is 17.3. The summed E-state index contributed by atoms with van der Waals surface area (Å²) in [6.07, 6.45) is 1.43. The van der Waals surface area contributed by atoms with Crippen LogP contribution < -0.4 is 5.48 Å². The van der Waals surface area contributed by atoms with Gasteiger partial charge in [-0.15, -0.1) is 0 Å². The van der Waals surface area contributed by atoms with Gasteiger partial charge in [-0.25, -0.2) is 0 Å². The first-order valence-electron chi connectivity index (χ1n) is 6.30. The Hall–Kier alpha value is -1.77. The van der Waals surface area contributed by atoms with Gasteiger partial charge in [0.2, 0.25) is 0 Å². The summed E-state index contributed by atoms with van der Waals surface area (Å²) in [4.78, 5) is 10.2. The Morgan fingerprint density at radius 1 is 1.38 bits per heavy atom. The van der Waals surface area contributed by atoms with Gasteiger partial charge in [0.15, 0.2) is 0 Å². The van der Waals surface area contributed by atoms with Crippen molar-refractivity contribution in [3.05, 3.63) is 51.7 Å². The number of aryl methyl sites for hydroxylation is 1. The summed E-state index contributed by atoms with van der Waals surface area (Å²) in [6.45, 7) is 5.09. The molecule has 1 aromatic carbocycles. The number of benzene rings is 1. The number of hydroxylamine groups is 1. The molecule has 0 aliphatic heterocycles. The second kappa shape index (κ2) is 7.30. The largest absolute Gasteiger partial charge is 0.312 e. The number of nitrogens with one attached hydrogen (secondary N) is 1. The van der Waals surface area contributed by atoms with Crippen LogP contribution in [0.25, 0.3) is 0 Å². The number of nitrogens with zero attached hydrogens (tertiary/aromatic N) is 1. The number of hydrogen-bond acceptors (Lipinski definition) is 6. The molecule has 0 aliphatic carbocycles. The molecular formula is C13H18N2O5S. The molecule has 0 radical (unpaired) electrons. The van der Waals surface area contributed by atoms with E-state index in [1.807, 2.05) is 6.92 Å². The Bertz CT molecular complexity index is 620. The Labute approximate surface area is 123 Å². The lowest BCUT2D eigenvalue weighted by Gasteiger charge is -2.06. The molecular weight excluding hydrogens is 296 g/mol. The maximum Gasteiger partial charge on any atom is 0.312 e. The molecule has 7 nitrogen and oxygen atoms in total. The van der Waals surface area contributed by atoms with E-state index in [9.17, 15) is 18.5 Å². The molecule has 0 fully saturated rings. The molecule has 1 aromatic rings. The van der Waals surface area contributed by atoms with Gasteiger partial charge in [0, 0.05) is 0 Å². The van der Waals surface area contributed by atoms with E-state index in [4.69, 9.17) is 0 Å². The molecule has 0 aromatic heterocycles. The lowest BCUT2D eigenvalue weighted by Crippen LogP contribution is -2.25. The van der Waals surface area contributed by atoms with Crippen LogP contribution in [0, 0.1) is 23.0 Å². The van der Waals surface area contributed by atoms with Crippen molar-refractivity contribution in [3.8, 4) is 0 Å². The number of hydrogen-bond donors (Lipinski definition) is 1. The van der Waals surface area contributed by atoms with E-state index in [0.29, 0.717) is 0 Å². The molecule has 1 rings (SSSR count). The average Bonchev–Trinajstić information content (AvgIpc) is 2.37. The zero-order valence-electron chi connectivity index (χ0n) is 12.1. The smallest absolute Gasteiger partial charge is 0.259 e. The molecule has 21 heavy (non-hydrogen) atoms. The van der Waals surface area contributed by atoms with E-state index in [1.165, 1.54) is 18.2 Å².